The molecule has 0 aromatic carbocycles. The molecule has 1 amide bonds. The summed E-state index contributed by atoms with van der Waals surface area (Å²) in [4.78, 5) is 14.9. The Morgan fingerprint density at radius 2 is 2.10 bits per heavy atom. The van der Waals surface area contributed by atoms with Gasteiger partial charge in [0.1, 0.15) is 0 Å². The summed E-state index contributed by atoms with van der Waals surface area (Å²) in [7, 11) is 1.93. The Morgan fingerprint density at radius 1 is 1.30 bits per heavy atom. The van der Waals surface area contributed by atoms with Crippen LogP contribution in [0, 0.1) is 23.2 Å². The van der Waals surface area contributed by atoms with Crippen LogP contribution in [0.25, 0.3) is 0 Å². The van der Waals surface area contributed by atoms with Gasteiger partial charge in [0.25, 0.3) is 0 Å². The van der Waals surface area contributed by atoms with E-state index in [-0.39, 0.29) is 11.5 Å². The molecule has 0 spiro atoms. The zero-order valence-corrected chi connectivity index (χ0v) is 13.3. The maximum Gasteiger partial charge on any atom is 0.239 e. The Kier molecular flexibility index (Phi) is 3.83. The van der Waals surface area contributed by atoms with E-state index < -0.39 is 0 Å². The van der Waals surface area contributed by atoms with Crippen molar-refractivity contribution in [2.24, 2.45) is 23.2 Å². The largest absolute Gasteiger partial charge is 0.341 e. The molecule has 4 atom stereocenters. The number of likely N-dealkylation sites (N-methyl/N-ethyl adjacent to an activating group) is 1. The Bertz CT molecular complexity index is 379. The van der Waals surface area contributed by atoms with Crippen LogP contribution in [-0.4, -0.2) is 37.0 Å². The van der Waals surface area contributed by atoms with Gasteiger partial charge >= 0.3 is 0 Å². The highest BCUT2D eigenvalue weighted by atomic mass is 16.2. The fraction of sp³-hybridized carbons (Fsp3) is 0.941. The van der Waals surface area contributed by atoms with Gasteiger partial charge in [-0.3, -0.25) is 4.79 Å². The first-order valence-corrected chi connectivity index (χ1v) is 8.44. The van der Waals surface area contributed by atoms with Crippen LogP contribution in [-0.2, 0) is 4.79 Å². The number of fused-ring (bicyclic) bond motifs is 2. The summed E-state index contributed by atoms with van der Waals surface area (Å²) >= 11 is 0. The minimum atomic E-state index is 0.0195. The van der Waals surface area contributed by atoms with Crippen LogP contribution < -0.4 is 5.32 Å². The minimum Gasteiger partial charge on any atom is -0.341 e. The molecule has 0 aromatic heterocycles. The van der Waals surface area contributed by atoms with Crippen LogP contribution in [0.4, 0.5) is 0 Å². The summed E-state index contributed by atoms with van der Waals surface area (Å²) in [6, 6.07) is 0.0195. The summed E-state index contributed by atoms with van der Waals surface area (Å²) < 4.78 is 0. The van der Waals surface area contributed by atoms with Crippen molar-refractivity contribution in [2.75, 3.05) is 20.1 Å². The third-order valence-electron chi connectivity index (χ3n) is 6.11. The van der Waals surface area contributed by atoms with Crippen LogP contribution in [0.5, 0.6) is 0 Å². The van der Waals surface area contributed by atoms with E-state index in [0.717, 1.165) is 43.7 Å². The maximum absolute atomic E-state index is 12.7. The number of hydrogen-bond donors (Lipinski definition) is 1. The van der Waals surface area contributed by atoms with Crippen molar-refractivity contribution >= 4 is 5.91 Å². The molecule has 114 valence electrons. The van der Waals surface area contributed by atoms with E-state index in [2.05, 4.69) is 24.1 Å². The monoisotopic (exact) mass is 278 g/mol. The van der Waals surface area contributed by atoms with Crippen molar-refractivity contribution < 1.29 is 4.79 Å². The van der Waals surface area contributed by atoms with Crippen LogP contribution >= 0.6 is 0 Å². The lowest BCUT2D eigenvalue weighted by Crippen LogP contribution is -2.46. The van der Waals surface area contributed by atoms with Gasteiger partial charge in [-0.05, 0) is 62.3 Å². The molecule has 0 aromatic rings. The second-order valence-electron chi connectivity index (χ2n) is 8.18. The van der Waals surface area contributed by atoms with Gasteiger partial charge < -0.3 is 10.2 Å². The summed E-state index contributed by atoms with van der Waals surface area (Å²) in [5.41, 5.74) is 0.271. The number of likely N-dealkylation sites (tertiary alicyclic amines) is 1. The van der Waals surface area contributed by atoms with Gasteiger partial charge in [0.15, 0.2) is 0 Å². The molecule has 0 radical (unpaired) electrons. The third-order valence-corrected chi connectivity index (χ3v) is 6.11. The van der Waals surface area contributed by atoms with Gasteiger partial charge in [0, 0.05) is 13.1 Å². The second-order valence-corrected chi connectivity index (χ2v) is 8.18. The summed E-state index contributed by atoms with van der Waals surface area (Å²) in [6.07, 6.45) is 7.78. The molecule has 1 aliphatic heterocycles. The minimum absolute atomic E-state index is 0.0195. The van der Waals surface area contributed by atoms with E-state index in [1.54, 1.807) is 0 Å². The molecular weight excluding hydrogens is 248 g/mol. The molecule has 1 N–H and O–H groups in total. The molecule has 3 aliphatic rings. The predicted octanol–water partition coefficient (Wildman–Crippen LogP) is 2.66. The molecule has 1 heterocycles. The number of carbonyl (C=O) groups excluding carboxylic acids is 1. The highest BCUT2D eigenvalue weighted by molar-refractivity contribution is 5.82. The molecular formula is C17H30N2O. The molecule has 3 fully saturated rings. The van der Waals surface area contributed by atoms with Gasteiger partial charge in [-0.2, -0.15) is 0 Å². The van der Waals surface area contributed by atoms with E-state index in [1.165, 1.54) is 25.7 Å². The highest BCUT2D eigenvalue weighted by Crippen LogP contribution is 2.48. The zero-order chi connectivity index (χ0) is 14.3. The van der Waals surface area contributed by atoms with Crippen molar-refractivity contribution in [2.45, 2.75) is 58.4 Å². The predicted molar refractivity (Wildman–Crippen MR) is 81.4 cm³/mol. The first kappa shape index (κ1) is 14.4. The average Bonchev–Trinajstić information content (AvgIpc) is 2.99. The van der Waals surface area contributed by atoms with Crippen LogP contribution in [0.1, 0.15) is 52.4 Å². The second kappa shape index (κ2) is 5.32. The first-order chi connectivity index (χ1) is 9.48. The molecule has 2 aliphatic carbocycles. The number of hydrogen-bond acceptors (Lipinski definition) is 2. The van der Waals surface area contributed by atoms with Gasteiger partial charge in [-0.1, -0.05) is 20.3 Å². The maximum atomic E-state index is 12.7. The third kappa shape index (κ3) is 2.74. The lowest BCUT2D eigenvalue weighted by Gasteiger charge is -2.30. The summed E-state index contributed by atoms with van der Waals surface area (Å²) in [5, 5.41) is 3.25. The number of nitrogens with one attached hydrogen (secondary N) is 1. The Balaban J connectivity index is 1.67. The highest BCUT2D eigenvalue weighted by Gasteiger charge is 2.42. The van der Waals surface area contributed by atoms with Gasteiger partial charge in [0.05, 0.1) is 6.04 Å². The molecule has 4 unspecified atom stereocenters. The molecule has 3 nitrogen and oxygen atoms in total. The van der Waals surface area contributed by atoms with Crippen molar-refractivity contribution in [1.82, 2.24) is 10.2 Å². The number of nitrogens with zero attached hydrogens (tertiary/aromatic N) is 1. The van der Waals surface area contributed by atoms with E-state index >= 15 is 0 Å². The molecule has 3 rings (SSSR count). The normalized spacial score (nSPS) is 40.1. The topological polar surface area (TPSA) is 32.3 Å². The number of amides is 1. The average molecular weight is 278 g/mol. The fourth-order valence-corrected chi connectivity index (χ4v) is 4.80. The smallest absolute Gasteiger partial charge is 0.239 e. The summed E-state index contributed by atoms with van der Waals surface area (Å²) in [5.74, 6) is 3.03. The van der Waals surface area contributed by atoms with Gasteiger partial charge in [-0.25, -0.2) is 0 Å². The zero-order valence-electron chi connectivity index (χ0n) is 13.3. The van der Waals surface area contributed by atoms with Crippen LogP contribution in [0.3, 0.4) is 0 Å². The first-order valence-electron chi connectivity index (χ1n) is 8.44. The van der Waals surface area contributed by atoms with Crippen LogP contribution in [0.2, 0.25) is 0 Å². The number of carbonyl (C=O) groups is 1. The van der Waals surface area contributed by atoms with Crippen molar-refractivity contribution in [1.29, 1.82) is 0 Å². The van der Waals surface area contributed by atoms with E-state index in [1.807, 2.05) is 7.05 Å². The lowest BCUT2D eigenvalue weighted by atomic mass is 9.83. The van der Waals surface area contributed by atoms with Crippen molar-refractivity contribution in [3.63, 3.8) is 0 Å². The SMILES string of the molecule is CNC1CC(C)(C)CCN(CC2CC3CCC2C3)C1=O. The van der Waals surface area contributed by atoms with Gasteiger partial charge in [0.2, 0.25) is 5.91 Å². The lowest BCUT2D eigenvalue weighted by molar-refractivity contribution is -0.133. The molecule has 20 heavy (non-hydrogen) atoms. The molecule has 2 saturated carbocycles. The summed E-state index contributed by atoms with van der Waals surface area (Å²) in [6.45, 7) is 6.57. The Morgan fingerprint density at radius 3 is 2.70 bits per heavy atom. The van der Waals surface area contributed by atoms with Crippen molar-refractivity contribution in [3.8, 4) is 0 Å². The Labute approximate surface area is 123 Å². The molecule has 3 heteroatoms. The molecule has 2 bridgehead atoms. The fourth-order valence-electron chi connectivity index (χ4n) is 4.80. The standard InChI is InChI=1S/C17H30N2O/c1-17(2)6-7-19(16(20)15(10-17)18-3)11-14-9-12-4-5-13(14)8-12/h12-15,18H,4-11H2,1-3H3. The van der Waals surface area contributed by atoms with Crippen LogP contribution in [0.15, 0.2) is 0 Å². The van der Waals surface area contributed by atoms with E-state index in [9.17, 15) is 4.79 Å². The van der Waals surface area contributed by atoms with E-state index in [0.29, 0.717) is 5.91 Å². The Hall–Kier alpha value is -0.570. The van der Waals surface area contributed by atoms with Gasteiger partial charge in [-0.15, -0.1) is 0 Å². The quantitative estimate of drug-likeness (QED) is 0.861. The van der Waals surface area contributed by atoms with Crippen molar-refractivity contribution in [3.05, 3.63) is 0 Å². The number of rotatable bonds is 3. The molecule has 1 saturated heterocycles. The van der Waals surface area contributed by atoms with E-state index in [4.69, 9.17) is 0 Å².